The number of carbonyl (C=O) groups excluding carboxylic acids is 1. The van der Waals surface area contributed by atoms with Crippen LogP contribution in [0.1, 0.15) is 22.8 Å². The third-order valence-corrected chi connectivity index (χ3v) is 4.74. The molecule has 3 aromatic heterocycles. The van der Waals surface area contributed by atoms with E-state index in [0.29, 0.717) is 5.52 Å². The molecule has 1 aromatic carbocycles. The van der Waals surface area contributed by atoms with Gasteiger partial charge in [0.15, 0.2) is 5.65 Å². The molecule has 0 radical (unpaired) electrons. The van der Waals surface area contributed by atoms with Gasteiger partial charge in [0, 0.05) is 12.4 Å². The van der Waals surface area contributed by atoms with Crippen LogP contribution < -0.4 is 5.56 Å². The van der Waals surface area contributed by atoms with Crippen LogP contribution in [-0.4, -0.2) is 31.7 Å². The van der Waals surface area contributed by atoms with Crippen molar-refractivity contribution in [3.05, 3.63) is 69.4 Å². The molecular weight excluding hydrogens is 425 g/mol. The van der Waals surface area contributed by atoms with E-state index in [9.17, 15) is 22.8 Å². The zero-order valence-corrected chi connectivity index (χ0v) is 16.0. The maximum absolute atomic E-state index is 12.9. The van der Waals surface area contributed by atoms with Crippen molar-refractivity contribution in [2.45, 2.75) is 13.1 Å². The molecule has 0 fully saturated rings. The highest BCUT2D eigenvalue weighted by molar-refractivity contribution is 6.31. The number of benzene rings is 1. The number of nitrogens with zero attached hydrogens (tertiary/aromatic N) is 4. The summed E-state index contributed by atoms with van der Waals surface area (Å²) in [6.45, 7) is 1.85. The lowest BCUT2D eigenvalue weighted by molar-refractivity contribution is -0.137. The third-order valence-electron chi connectivity index (χ3n) is 4.43. The first-order chi connectivity index (χ1) is 14.2. The van der Waals surface area contributed by atoms with Crippen LogP contribution in [0.4, 0.5) is 13.2 Å². The quantitative estimate of drug-likeness (QED) is 0.455. The van der Waals surface area contributed by atoms with Crippen LogP contribution in [0.3, 0.4) is 0 Å². The second-order valence-electron chi connectivity index (χ2n) is 6.22. The molecule has 4 rings (SSSR count). The Balaban J connectivity index is 1.86. The fraction of sp³-hybridized carbons (Fsp3) is 0.158. The number of carbonyl (C=O) groups is 1. The van der Waals surface area contributed by atoms with E-state index in [-0.39, 0.29) is 28.9 Å². The van der Waals surface area contributed by atoms with Gasteiger partial charge in [-0.1, -0.05) is 11.6 Å². The predicted octanol–water partition coefficient (Wildman–Crippen LogP) is 3.88. The van der Waals surface area contributed by atoms with Crippen LogP contribution in [0, 0.1) is 0 Å². The van der Waals surface area contributed by atoms with E-state index in [0.717, 1.165) is 22.8 Å². The van der Waals surface area contributed by atoms with E-state index in [4.69, 9.17) is 16.3 Å². The molecule has 0 saturated heterocycles. The molecule has 11 heteroatoms. The van der Waals surface area contributed by atoms with Crippen molar-refractivity contribution in [1.82, 2.24) is 19.2 Å². The van der Waals surface area contributed by atoms with Gasteiger partial charge in [-0.05, 0) is 31.2 Å². The van der Waals surface area contributed by atoms with E-state index in [2.05, 4.69) is 10.1 Å². The van der Waals surface area contributed by atoms with Gasteiger partial charge in [-0.2, -0.15) is 18.3 Å². The highest BCUT2D eigenvalue weighted by Gasteiger charge is 2.33. The number of rotatable bonds is 3. The summed E-state index contributed by atoms with van der Waals surface area (Å²) in [4.78, 5) is 29.1. The Morgan fingerprint density at radius 3 is 2.67 bits per heavy atom. The van der Waals surface area contributed by atoms with Crippen molar-refractivity contribution in [2.24, 2.45) is 0 Å². The SMILES string of the molecule is CCOC(=O)c1cnn2c1ncc1c(=O)n(-c3ccc(C(F)(F)F)c(Cl)c3)ccc12. The molecule has 0 atom stereocenters. The number of aromatic nitrogens is 4. The van der Waals surface area contributed by atoms with Crippen molar-refractivity contribution >= 4 is 34.1 Å². The summed E-state index contributed by atoms with van der Waals surface area (Å²) in [7, 11) is 0. The van der Waals surface area contributed by atoms with Crippen LogP contribution in [0.5, 0.6) is 0 Å². The average Bonchev–Trinajstić information content (AvgIpc) is 3.12. The second-order valence-corrected chi connectivity index (χ2v) is 6.63. The van der Waals surface area contributed by atoms with E-state index in [1.54, 1.807) is 13.0 Å². The van der Waals surface area contributed by atoms with Crippen LogP contribution >= 0.6 is 11.6 Å². The standard InChI is InChI=1S/C19H12ClF3N4O3/c1-2-30-18(29)12-9-25-27-15-5-6-26(17(28)11(15)8-24-16(12)27)10-3-4-13(14(20)7-10)19(21,22)23/h3-9H,2H2,1H3. The zero-order chi connectivity index (χ0) is 21.6. The second kappa shape index (κ2) is 7.13. The Hall–Kier alpha value is -3.40. The van der Waals surface area contributed by atoms with Gasteiger partial charge in [0.2, 0.25) is 0 Å². The van der Waals surface area contributed by atoms with Crippen LogP contribution in [0.2, 0.25) is 5.02 Å². The third kappa shape index (κ3) is 3.18. The Bertz CT molecular complexity index is 1360. The molecule has 0 aliphatic carbocycles. The number of pyridine rings is 1. The van der Waals surface area contributed by atoms with E-state index in [1.165, 1.54) is 23.1 Å². The fourth-order valence-corrected chi connectivity index (χ4v) is 3.34. The van der Waals surface area contributed by atoms with Gasteiger partial charge in [-0.15, -0.1) is 0 Å². The lowest BCUT2D eigenvalue weighted by Crippen LogP contribution is -2.19. The van der Waals surface area contributed by atoms with Gasteiger partial charge < -0.3 is 4.74 Å². The maximum Gasteiger partial charge on any atom is 0.417 e. The average molecular weight is 437 g/mol. The lowest BCUT2D eigenvalue weighted by Gasteiger charge is -2.12. The molecule has 0 aliphatic rings. The first-order valence-corrected chi connectivity index (χ1v) is 9.02. The lowest BCUT2D eigenvalue weighted by atomic mass is 10.2. The Kier molecular flexibility index (Phi) is 4.73. The van der Waals surface area contributed by atoms with Gasteiger partial charge in [-0.25, -0.2) is 14.3 Å². The molecule has 0 spiro atoms. The van der Waals surface area contributed by atoms with Crippen molar-refractivity contribution in [3.8, 4) is 5.69 Å². The molecule has 0 bridgehead atoms. The topological polar surface area (TPSA) is 78.5 Å². The van der Waals surface area contributed by atoms with Gasteiger partial charge in [0.25, 0.3) is 5.56 Å². The molecule has 0 N–H and O–H groups in total. The van der Waals surface area contributed by atoms with Gasteiger partial charge in [0.1, 0.15) is 5.56 Å². The van der Waals surface area contributed by atoms with Crippen LogP contribution in [0.25, 0.3) is 22.2 Å². The van der Waals surface area contributed by atoms with E-state index >= 15 is 0 Å². The summed E-state index contributed by atoms with van der Waals surface area (Å²) in [5, 5.41) is 3.74. The molecule has 0 amide bonds. The smallest absolute Gasteiger partial charge is 0.417 e. The Labute approximate surface area is 171 Å². The largest absolute Gasteiger partial charge is 0.462 e. The molecule has 154 valence electrons. The highest BCUT2D eigenvalue weighted by Crippen LogP contribution is 2.35. The minimum absolute atomic E-state index is 0.150. The van der Waals surface area contributed by atoms with Gasteiger partial charge in [-0.3, -0.25) is 9.36 Å². The molecule has 3 heterocycles. The van der Waals surface area contributed by atoms with Crippen molar-refractivity contribution in [1.29, 1.82) is 0 Å². The van der Waals surface area contributed by atoms with Crippen LogP contribution in [-0.2, 0) is 10.9 Å². The monoisotopic (exact) mass is 436 g/mol. The van der Waals surface area contributed by atoms with Crippen LogP contribution in [0.15, 0.2) is 47.7 Å². The molecule has 0 saturated carbocycles. The first kappa shape index (κ1) is 19.9. The maximum atomic E-state index is 12.9. The number of fused-ring (bicyclic) bond motifs is 3. The van der Waals surface area contributed by atoms with E-state index in [1.807, 2.05) is 0 Å². The minimum Gasteiger partial charge on any atom is -0.462 e. The number of halogens is 4. The van der Waals surface area contributed by atoms with Gasteiger partial charge in [0.05, 0.1) is 40.0 Å². The molecule has 4 aromatic rings. The number of ether oxygens (including phenoxy) is 1. The molecular formula is C19H12ClF3N4O3. The summed E-state index contributed by atoms with van der Waals surface area (Å²) >= 11 is 5.77. The first-order valence-electron chi connectivity index (χ1n) is 8.64. The summed E-state index contributed by atoms with van der Waals surface area (Å²) in [6.07, 6.45) is -0.647. The molecule has 0 aliphatic heterocycles. The molecule has 7 nitrogen and oxygen atoms in total. The number of hydrogen-bond acceptors (Lipinski definition) is 5. The number of hydrogen-bond donors (Lipinski definition) is 0. The minimum atomic E-state index is -4.60. The molecule has 0 unspecified atom stereocenters. The summed E-state index contributed by atoms with van der Waals surface area (Å²) in [5.41, 5.74) is -0.630. The summed E-state index contributed by atoms with van der Waals surface area (Å²) < 4.78 is 46.2. The van der Waals surface area contributed by atoms with Gasteiger partial charge >= 0.3 is 12.1 Å². The summed E-state index contributed by atoms with van der Waals surface area (Å²) in [6, 6.07) is 4.57. The fourth-order valence-electron chi connectivity index (χ4n) is 3.06. The van der Waals surface area contributed by atoms with Crippen molar-refractivity contribution in [3.63, 3.8) is 0 Å². The van der Waals surface area contributed by atoms with Crippen molar-refractivity contribution < 1.29 is 22.7 Å². The Morgan fingerprint density at radius 2 is 2.00 bits per heavy atom. The normalized spacial score (nSPS) is 11.9. The molecule has 30 heavy (non-hydrogen) atoms. The zero-order valence-electron chi connectivity index (χ0n) is 15.3. The predicted molar refractivity (Wildman–Crippen MR) is 102 cm³/mol. The summed E-state index contributed by atoms with van der Waals surface area (Å²) in [5.74, 6) is -0.591. The highest BCUT2D eigenvalue weighted by atomic mass is 35.5. The Morgan fingerprint density at radius 1 is 1.23 bits per heavy atom. The number of alkyl halides is 3. The van der Waals surface area contributed by atoms with E-state index < -0.39 is 28.3 Å². The number of esters is 1. The van der Waals surface area contributed by atoms with Crippen molar-refractivity contribution in [2.75, 3.05) is 6.61 Å².